The van der Waals surface area contributed by atoms with Crippen molar-refractivity contribution in [2.24, 2.45) is 0 Å². The van der Waals surface area contributed by atoms with Crippen molar-refractivity contribution in [2.75, 3.05) is 0 Å². The molecule has 1 N–H and O–H groups in total. The van der Waals surface area contributed by atoms with Crippen molar-refractivity contribution in [1.82, 2.24) is 4.98 Å². The summed E-state index contributed by atoms with van der Waals surface area (Å²) in [4.78, 5) is 14.6. The third-order valence-electron chi connectivity index (χ3n) is 2.16. The molecule has 0 saturated carbocycles. The average molecular weight is 300 g/mol. The maximum Gasteiger partial charge on any atom is 0.358 e. The molecule has 17 heavy (non-hydrogen) atoms. The number of aromatic nitrogens is 1. The van der Waals surface area contributed by atoms with E-state index in [0.29, 0.717) is 10.0 Å². The summed E-state index contributed by atoms with van der Waals surface area (Å²) in [5.41, 5.74) is 0.205. The van der Waals surface area contributed by atoms with Gasteiger partial charge in [0.2, 0.25) is 5.89 Å². The Labute approximate surface area is 104 Å². The van der Waals surface area contributed by atoms with Crippen LogP contribution in [0.2, 0.25) is 0 Å². The quantitative estimate of drug-likeness (QED) is 0.924. The molecule has 0 fully saturated rings. The summed E-state index contributed by atoms with van der Waals surface area (Å²) in [5.74, 6) is -1.36. The Hall–Kier alpha value is -1.69. The second-order valence-electron chi connectivity index (χ2n) is 3.35. The third kappa shape index (κ3) is 2.21. The van der Waals surface area contributed by atoms with Crippen LogP contribution in [0.4, 0.5) is 4.39 Å². The zero-order valence-corrected chi connectivity index (χ0v) is 10.3. The predicted molar refractivity (Wildman–Crippen MR) is 61.3 cm³/mol. The number of rotatable bonds is 2. The molecule has 6 heteroatoms. The van der Waals surface area contributed by atoms with Crippen LogP contribution < -0.4 is 0 Å². The van der Waals surface area contributed by atoms with Crippen LogP contribution in [0, 0.1) is 12.7 Å². The summed E-state index contributed by atoms with van der Waals surface area (Å²) in [6.45, 7) is 1.49. The standard InChI is InChI=1S/C11H7BrFNO3/c1-5-9(11(15)16)14-10(17-5)7-4-6(13)2-3-8(7)12/h2-4H,1H3,(H,15,16). The Morgan fingerprint density at radius 1 is 1.53 bits per heavy atom. The normalized spacial score (nSPS) is 10.5. The highest BCUT2D eigenvalue weighted by Crippen LogP contribution is 2.29. The molecular formula is C11H7BrFNO3. The van der Waals surface area contributed by atoms with Crippen LogP contribution in [0.25, 0.3) is 11.5 Å². The Bertz CT molecular complexity index is 594. The van der Waals surface area contributed by atoms with Crippen LogP contribution in [0.3, 0.4) is 0 Å². The molecule has 1 heterocycles. The summed E-state index contributed by atoms with van der Waals surface area (Å²) in [5, 5.41) is 8.84. The Morgan fingerprint density at radius 2 is 2.24 bits per heavy atom. The van der Waals surface area contributed by atoms with E-state index in [-0.39, 0.29) is 17.3 Å². The third-order valence-corrected chi connectivity index (χ3v) is 2.85. The number of carbonyl (C=O) groups is 1. The van der Waals surface area contributed by atoms with E-state index in [1.165, 1.54) is 25.1 Å². The van der Waals surface area contributed by atoms with E-state index in [4.69, 9.17) is 9.52 Å². The molecule has 0 atom stereocenters. The summed E-state index contributed by atoms with van der Waals surface area (Å²) >= 11 is 3.22. The predicted octanol–water partition coefficient (Wildman–Crippen LogP) is 3.25. The SMILES string of the molecule is Cc1oc(-c2cc(F)ccc2Br)nc1C(=O)O. The van der Waals surface area contributed by atoms with Gasteiger partial charge in [-0.2, -0.15) is 0 Å². The molecule has 2 aromatic rings. The fraction of sp³-hybridized carbons (Fsp3) is 0.0909. The van der Waals surface area contributed by atoms with Crippen LogP contribution in [-0.2, 0) is 0 Å². The van der Waals surface area contributed by atoms with Crippen LogP contribution in [-0.4, -0.2) is 16.1 Å². The van der Waals surface area contributed by atoms with Gasteiger partial charge in [0, 0.05) is 4.47 Å². The fourth-order valence-electron chi connectivity index (χ4n) is 1.37. The lowest BCUT2D eigenvalue weighted by atomic mass is 10.2. The minimum atomic E-state index is -1.18. The van der Waals surface area contributed by atoms with Crippen molar-refractivity contribution in [3.8, 4) is 11.5 Å². The van der Waals surface area contributed by atoms with Crippen LogP contribution in [0.1, 0.15) is 16.2 Å². The van der Waals surface area contributed by atoms with E-state index in [2.05, 4.69) is 20.9 Å². The van der Waals surface area contributed by atoms with E-state index >= 15 is 0 Å². The van der Waals surface area contributed by atoms with Gasteiger partial charge in [0.15, 0.2) is 5.69 Å². The van der Waals surface area contributed by atoms with Crippen LogP contribution >= 0.6 is 15.9 Å². The first kappa shape index (κ1) is 11.8. The highest BCUT2D eigenvalue weighted by molar-refractivity contribution is 9.10. The smallest absolute Gasteiger partial charge is 0.358 e. The fourth-order valence-corrected chi connectivity index (χ4v) is 1.79. The van der Waals surface area contributed by atoms with Gasteiger partial charge >= 0.3 is 5.97 Å². The van der Waals surface area contributed by atoms with Gasteiger partial charge in [-0.3, -0.25) is 0 Å². The molecule has 0 saturated heterocycles. The Balaban J connectivity index is 2.57. The molecule has 0 amide bonds. The van der Waals surface area contributed by atoms with Gasteiger partial charge in [0.25, 0.3) is 0 Å². The first-order chi connectivity index (χ1) is 7.99. The maximum absolute atomic E-state index is 13.1. The molecule has 2 rings (SSSR count). The van der Waals surface area contributed by atoms with Crippen molar-refractivity contribution in [3.63, 3.8) is 0 Å². The number of hydrogen-bond acceptors (Lipinski definition) is 3. The van der Waals surface area contributed by atoms with Gasteiger partial charge in [-0.05, 0) is 41.1 Å². The molecule has 1 aromatic carbocycles. The zero-order valence-electron chi connectivity index (χ0n) is 8.70. The molecule has 0 unspecified atom stereocenters. The van der Waals surface area contributed by atoms with Gasteiger partial charge in [-0.15, -0.1) is 0 Å². The molecule has 0 aliphatic carbocycles. The van der Waals surface area contributed by atoms with E-state index in [0.717, 1.165) is 0 Å². The largest absolute Gasteiger partial charge is 0.476 e. The molecule has 4 nitrogen and oxygen atoms in total. The van der Waals surface area contributed by atoms with Crippen molar-refractivity contribution >= 4 is 21.9 Å². The molecule has 0 aliphatic heterocycles. The van der Waals surface area contributed by atoms with Gasteiger partial charge < -0.3 is 9.52 Å². The zero-order chi connectivity index (χ0) is 12.6. The Morgan fingerprint density at radius 3 is 2.82 bits per heavy atom. The molecule has 88 valence electrons. The molecule has 1 aromatic heterocycles. The van der Waals surface area contributed by atoms with E-state index in [9.17, 15) is 9.18 Å². The molecular weight excluding hydrogens is 293 g/mol. The summed E-state index contributed by atoms with van der Waals surface area (Å²) < 4.78 is 18.9. The highest BCUT2D eigenvalue weighted by atomic mass is 79.9. The van der Waals surface area contributed by atoms with Crippen molar-refractivity contribution < 1.29 is 18.7 Å². The van der Waals surface area contributed by atoms with E-state index in [1.54, 1.807) is 0 Å². The molecule has 0 bridgehead atoms. The van der Waals surface area contributed by atoms with Gasteiger partial charge in [0.05, 0.1) is 5.56 Å². The van der Waals surface area contributed by atoms with Crippen molar-refractivity contribution in [3.05, 3.63) is 39.9 Å². The monoisotopic (exact) mass is 299 g/mol. The van der Waals surface area contributed by atoms with Gasteiger partial charge in [0.1, 0.15) is 11.6 Å². The average Bonchev–Trinajstić information content (AvgIpc) is 2.64. The molecule has 0 aliphatic rings. The highest BCUT2D eigenvalue weighted by Gasteiger charge is 2.18. The first-order valence-corrected chi connectivity index (χ1v) is 5.44. The second-order valence-corrected chi connectivity index (χ2v) is 4.21. The number of carboxylic acids is 1. The number of halogens is 2. The number of benzene rings is 1. The summed E-state index contributed by atoms with van der Waals surface area (Å²) in [6, 6.07) is 4.01. The number of nitrogens with zero attached hydrogens (tertiary/aromatic N) is 1. The van der Waals surface area contributed by atoms with Gasteiger partial charge in [-0.1, -0.05) is 0 Å². The van der Waals surface area contributed by atoms with E-state index < -0.39 is 11.8 Å². The number of oxazole rings is 1. The Kier molecular flexibility index (Phi) is 2.97. The van der Waals surface area contributed by atoms with E-state index in [1.807, 2.05) is 0 Å². The van der Waals surface area contributed by atoms with Crippen LogP contribution in [0.5, 0.6) is 0 Å². The lowest BCUT2D eigenvalue weighted by Gasteiger charge is -1.99. The maximum atomic E-state index is 13.1. The summed E-state index contributed by atoms with van der Waals surface area (Å²) in [6.07, 6.45) is 0. The number of carboxylic acid groups (broad SMARTS) is 1. The number of aromatic carboxylic acids is 1. The minimum Gasteiger partial charge on any atom is -0.476 e. The van der Waals surface area contributed by atoms with Crippen LogP contribution in [0.15, 0.2) is 27.1 Å². The summed E-state index contributed by atoms with van der Waals surface area (Å²) in [7, 11) is 0. The lowest BCUT2D eigenvalue weighted by Crippen LogP contribution is -1.98. The van der Waals surface area contributed by atoms with Crippen molar-refractivity contribution in [2.45, 2.75) is 6.92 Å². The minimum absolute atomic E-state index is 0.0753. The first-order valence-electron chi connectivity index (χ1n) is 4.65. The molecule has 0 radical (unpaired) electrons. The van der Waals surface area contributed by atoms with Crippen molar-refractivity contribution in [1.29, 1.82) is 0 Å². The topological polar surface area (TPSA) is 63.3 Å². The lowest BCUT2D eigenvalue weighted by molar-refractivity contribution is 0.0689. The van der Waals surface area contributed by atoms with Gasteiger partial charge in [-0.25, -0.2) is 14.2 Å². The number of aryl methyl sites for hydroxylation is 1. The number of hydrogen-bond donors (Lipinski definition) is 1. The second kappa shape index (κ2) is 4.29. The molecule has 0 spiro atoms.